The van der Waals surface area contributed by atoms with Gasteiger partial charge in [-0.2, -0.15) is 18.2 Å². The summed E-state index contributed by atoms with van der Waals surface area (Å²) in [7, 11) is 1.41. The number of hydrogen-bond donors (Lipinski definition) is 2. The fourth-order valence-electron chi connectivity index (χ4n) is 1.52. The van der Waals surface area contributed by atoms with Crippen molar-refractivity contribution in [1.82, 2.24) is 9.97 Å². The zero-order valence-electron chi connectivity index (χ0n) is 11.0. The predicted octanol–water partition coefficient (Wildman–Crippen LogP) is 2.82. The number of nitrogens with one attached hydrogen (secondary N) is 1. The van der Waals surface area contributed by atoms with E-state index in [9.17, 15) is 13.2 Å². The van der Waals surface area contributed by atoms with E-state index >= 15 is 0 Å². The third-order valence-electron chi connectivity index (χ3n) is 2.55. The lowest BCUT2D eigenvalue weighted by Gasteiger charge is -2.11. The summed E-state index contributed by atoms with van der Waals surface area (Å²) >= 11 is 0. The Balaban J connectivity index is 2.29. The second-order valence-corrected chi connectivity index (χ2v) is 4.07. The molecule has 1 heterocycles. The van der Waals surface area contributed by atoms with E-state index in [0.29, 0.717) is 11.3 Å². The monoisotopic (exact) mass is 299 g/mol. The average molecular weight is 299 g/mol. The summed E-state index contributed by atoms with van der Waals surface area (Å²) < 4.78 is 43.4. The van der Waals surface area contributed by atoms with Crippen LogP contribution in [0.25, 0.3) is 0 Å². The third kappa shape index (κ3) is 3.82. The van der Waals surface area contributed by atoms with Gasteiger partial charge in [-0.15, -0.1) is 0 Å². The Kier molecular flexibility index (Phi) is 4.27. The van der Waals surface area contributed by atoms with Crippen LogP contribution in [0.2, 0.25) is 0 Å². The minimum atomic E-state index is -4.59. The van der Waals surface area contributed by atoms with Crippen molar-refractivity contribution >= 4 is 5.95 Å². The lowest BCUT2D eigenvalue weighted by molar-refractivity contribution is -0.141. The number of ether oxygens (including phenoxy) is 1. The van der Waals surface area contributed by atoms with Crippen LogP contribution in [0, 0.1) is 0 Å². The quantitative estimate of drug-likeness (QED) is 0.908. The maximum atomic E-state index is 12.7. The molecule has 0 saturated carbocycles. The van der Waals surface area contributed by atoms with Gasteiger partial charge in [-0.05, 0) is 17.7 Å². The van der Waals surface area contributed by atoms with Crippen LogP contribution in [-0.4, -0.2) is 22.1 Å². The van der Waals surface area contributed by atoms with Crippen molar-refractivity contribution in [2.75, 3.05) is 12.4 Å². The van der Waals surface area contributed by atoms with Crippen LogP contribution in [0.1, 0.15) is 11.3 Å². The van der Waals surface area contributed by atoms with Crippen LogP contribution in [0.5, 0.6) is 11.6 Å². The van der Waals surface area contributed by atoms with Crippen LogP contribution >= 0.6 is 0 Å². The van der Waals surface area contributed by atoms with Gasteiger partial charge in [-0.1, -0.05) is 12.1 Å². The Bertz CT molecular complexity index is 615. The first-order valence-corrected chi connectivity index (χ1v) is 5.94. The molecular formula is C13H12F3N3O2. The van der Waals surface area contributed by atoms with Gasteiger partial charge in [0.1, 0.15) is 5.75 Å². The molecule has 1 aromatic heterocycles. The molecule has 0 saturated heterocycles. The van der Waals surface area contributed by atoms with E-state index in [1.165, 1.54) is 19.2 Å². The minimum absolute atomic E-state index is 0.129. The molecule has 0 fully saturated rings. The molecule has 5 nitrogen and oxygen atoms in total. The van der Waals surface area contributed by atoms with Crippen molar-refractivity contribution < 1.29 is 23.0 Å². The molecule has 2 N–H and O–H groups in total. The van der Waals surface area contributed by atoms with Gasteiger partial charge in [0.15, 0.2) is 5.69 Å². The fraction of sp³-hybridized carbons (Fsp3) is 0.231. The molecule has 0 spiro atoms. The number of rotatable bonds is 4. The van der Waals surface area contributed by atoms with Crippen LogP contribution in [0.3, 0.4) is 0 Å². The first-order valence-electron chi connectivity index (χ1n) is 5.94. The van der Waals surface area contributed by atoms with Crippen LogP contribution in [-0.2, 0) is 12.8 Å². The van der Waals surface area contributed by atoms with E-state index in [0.717, 1.165) is 6.07 Å². The third-order valence-corrected chi connectivity index (χ3v) is 2.55. The van der Waals surface area contributed by atoms with E-state index in [-0.39, 0.29) is 18.4 Å². The molecule has 0 aliphatic heterocycles. The summed E-state index contributed by atoms with van der Waals surface area (Å²) in [6.07, 6.45) is -4.59. The molecule has 0 aliphatic rings. The Labute approximate surface area is 118 Å². The maximum Gasteiger partial charge on any atom is 0.433 e. The maximum absolute atomic E-state index is 12.7. The van der Waals surface area contributed by atoms with Crippen molar-refractivity contribution in [2.24, 2.45) is 0 Å². The smallest absolute Gasteiger partial charge is 0.433 e. The van der Waals surface area contributed by atoms with Gasteiger partial charge in [0.2, 0.25) is 11.8 Å². The SMILES string of the molecule is CNc1nc(Oc2ccc(CO)cc2)cc(C(F)(F)F)n1. The van der Waals surface area contributed by atoms with Gasteiger partial charge in [0.25, 0.3) is 0 Å². The Morgan fingerprint density at radius 2 is 1.86 bits per heavy atom. The van der Waals surface area contributed by atoms with E-state index in [2.05, 4.69) is 15.3 Å². The standard InChI is InChI=1S/C13H12F3N3O2/c1-17-12-18-10(13(14,15)16)6-11(19-12)21-9-4-2-8(7-20)3-5-9/h2-6,20H,7H2,1H3,(H,17,18,19). The van der Waals surface area contributed by atoms with E-state index in [1.807, 2.05) is 0 Å². The van der Waals surface area contributed by atoms with Gasteiger partial charge in [-0.3, -0.25) is 0 Å². The highest BCUT2D eigenvalue weighted by atomic mass is 19.4. The van der Waals surface area contributed by atoms with Crippen molar-refractivity contribution in [3.63, 3.8) is 0 Å². The molecule has 112 valence electrons. The highest BCUT2D eigenvalue weighted by molar-refractivity contribution is 5.35. The molecule has 2 rings (SSSR count). The zero-order chi connectivity index (χ0) is 15.5. The van der Waals surface area contributed by atoms with E-state index < -0.39 is 11.9 Å². The average Bonchev–Trinajstić information content (AvgIpc) is 2.46. The molecule has 0 bridgehead atoms. The summed E-state index contributed by atoms with van der Waals surface area (Å²) in [5.41, 5.74) is -0.430. The lowest BCUT2D eigenvalue weighted by Crippen LogP contribution is -2.11. The Hall–Kier alpha value is -2.35. The highest BCUT2D eigenvalue weighted by Gasteiger charge is 2.34. The summed E-state index contributed by atoms with van der Waals surface area (Å²) in [4.78, 5) is 7.14. The second kappa shape index (κ2) is 5.96. The topological polar surface area (TPSA) is 67.3 Å². The normalized spacial score (nSPS) is 11.3. The number of hydrogen-bond acceptors (Lipinski definition) is 5. The molecule has 0 atom stereocenters. The number of benzene rings is 1. The molecular weight excluding hydrogens is 287 g/mol. The number of alkyl halides is 3. The highest BCUT2D eigenvalue weighted by Crippen LogP contribution is 2.31. The summed E-state index contributed by atoms with van der Waals surface area (Å²) in [5.74, 6) is -0.105. The number of halogens is 3. The van der Waals surface area contributed by atoms with Gasteiger partial charge in [0.05, 0.1) is 6.61 Å². The summed E-state index contributed by atoms with van der Waals surface area (Å²) in [6.45, 7) is -0.129. The van der Waals surface area contributed by atoms with Gasteiger partial charge >= 0.3 is 6.18 Å². The molecule has 0 unspecified atom stereocenters. The largest absolute Gasteiger partial charge is 0.439 e. The molecule has 0 radical (unpaired) electrons. The van der Waals surface area contributed by atoms with E-state index in [4.69, 9.17) is 9.84 Å². The summed E-state index contributed by atoms with van der Waals surface area (Å²) in [5, 5.41) is 11.4. The molecule has 1 aromatic carbocycles. The Morgan fingerprint density at radius 1 is 1.19 bits per heavy atom. The fourth-order valence-corrected chi connectivity index (χ4v) is 1.52. The van der Waals surface area contributed by atoms with Gasteiger partial charge < -0.3 is 15.2 Å². The first kappa shape index (κ1) is 15.0. The number of aromatic nitrogens is 2. The number of nitrogens with zero attached hydrogens (tertiary/aromatic N) is 2. The Morgan fingerprint density at radius 3 is 2.38 bits per heavy atom. The molecule has 8 heteroatoms. The number of aliphatic hydroxyl groups is 1. The molecule has 2 aromatic rings. The lowest BCUT2D eigenvalue weighted by atomic mass is 10.2. The van der Waals surface area contributed by atoms with Crippen molar-refractivity contribution in [1.29, 1.82) is 0 Å². The van der Waals surface area contributed by atoms with Crippen molar-refractivity contribution in [3.8, 4) is 11.6 Å². The minimum Gasteiger partial charge on any atom is -0.439 e. The molecule has 0 aliphatic carbocycles. The van der Waals surface area contributed by atoms with Gasteiger partial charge in [0, 0.05) is 13.1 Å². The second-order valence-electron chi connectivity index (χ2n) is 4.07. The summed E-state index contributed by atoms with van der Waals surface area (Å²) in [6, 6.07) is 6.97. The van der Waals surface area contributed by atoms with E-state index in [1.54, 1.807) is 12.1 Å². The number of anilines is 1. The molecule has 21 heavy (non-hydrogen) atoms. The van der Waals surface area contributed by atoms with Crippen LogP contribution in [0.4, 0.5) is 19.1 Å². The van der Waals surface area contributed by atoms with Crippen molar-refractivity contribution in [3.05, 3.63) is 41.6 Å². The van der Waals surface area contributed by atoms with Gasteiger partial charge in [-0.25, -0.2) is 4.98 Å². The van der Waals surface area contributed by atoms with Crippen LogP contribution < -0.4 is 10.1 Å². The zero-order valence-corrected chi connectivity index (χ0v) is 11.0. The number of aliphatic hydroxyl groups excluding tert-OH is 1. The molecule has 0 amide bonds. The van der Waals surface area contributed by atoms with Crippen LogP contribution in [0.15, 0.2) is 30.3 Å². The van der Waals surface area contributed by atoms with Crippen molar-refractivity contribution in [2.45, 2.75) is 12.8 Å². The predicted molar refractivity (Wildman–Crippen MR) is 69.0 cm³/mol. The first-order chi connectivity index (χ1) is 9.92.